The molecule has 1 saturated carbocycles. The van der Waals surface area contributed by atoms with E-state index in [0.717, 1.165) is 47.7 Å². The first-order chi connectivity index (χ1) is 17.5. The van der Waals surface area contributed by atoms with Crippen LogP contribution in [0.25, 0.3) is 11.1 Å². The van der Waals surface area contributed by atoms with E-state index in [9.17, 15) is 9.59 Å². The fourth-order valence-corrected chi connectivity index (χ4v) is 5.84. The Morgan fingerprint density at radius 3 is 2.69 bits per heavy atom. The molecule has 1 aromatic carbocycles. The van der Waals surface area contributed by atoms with E-state index in [4.69, 9.17) is 19.3 Å². The molecule has 7 nitrogen and oxygen atoms in total. The third-order valence-corrected chi connectivity index (χ3v) is 7.82. The van der Waals surface area contributed by atoms with Crippen molar-refractivity contribution in [1.82, 2.24) is 4.90 Å². The highest BCUT2D eigenvalue weighted by atomic mass is 32.1. The molecule has 1 saturated heterocycles. The molecule has 8 heteroatoms. The van der Waals surface area contributed by atoms with Gasteiger partial charge in [0.05, 0.1) is 39.1 Å². The number of carboxylic acid groups (broad SMARTS) is 1. The average Bonchev–Trinajstić information content (AvgIpc) is 3.49. The Bertz CT molecular complexity index is 1030. The second-order valence-corrected chi connectivity index (χ2v) is 10.3. The predicted octanol–water partition coefficient (Wildman–Crippen LogP) is 4.80. The van der Waals surface area contributed by atoms with E-state index in [1.807, 2.05) is 30.3 Å². The molecule has 2 heterocycles. The van der Waals surface area contributed by atoms with Gasteiger partial charge >= 0.3 is 5.97 Å². The number of methoxy groups -OCH3 is 1. The van der Waals surface area contributed by atoms with Gasteiger partial charge in [0.25, 0.3) is 0 Å². The Morgan fingerprint density at radius 2 is 1.97 bits per heavy atom. The van der Waals surface area contributed by atoms with Crippen LogP contribution in [-0.4, -0.2) is 67.3 Å². The third-order valence-electron chi connectivity index (χ3n) is 6.91. The summed E-state index contributed by atoms with van der Waals surface area (Å²) in [6.45, 7) is 3.30. The minimum absolute atomic E-state index is 0.0762. The smallest absolute Gasteiger partial charge is 0.303 e. The standard InChI is InChI=1S/C28H35NO6S/c1-33-22-10-8-20(9-11-22)21-16-23(36-19-21)18-35-26-17-25(30)28(29-12-14-34-15-13-29)24(26)6-4-2-3-5-7-27(31)32/h2,4,8-11,16,19,24,26,28H,3,5-7,12-15,17-18H2,1H3,(H,31,32). The predicted molar refractivity (Wildman–Crippen MR) is 139 cm³/mol. The van der Waals surface area contributed by atoms with Crippen LogP contribution in [0.2, 0.25) is 0 Å². The molecule has 2 aliphatic rings. The molecule has 194 valence electrons. The van der Waals surface area contributed by atoms with Gasteiger partial charge in [-0.05, 0) is 54.0 Å². The molecule has 3 unspecified atom stereocenters. The first kappa shape index (κ1) is 26.5. The summed E-state index contributed by atoms with van der Waals surface area (Å²) in [6.07, 6.45) is 6.69. The molecule has 0 bridgehead atoms. The van der Waals surface area contributed by atoms with Gasteiger partial charge in [-0.15, -0.1) is 11.3 Å². The summed E-state index contributed by atoms with van der Waals surface area (Å²) in [5, 5.41) is 11.0. The number of Topliss-reactive ketones (excluding diaryl/α,β-unsaturated/α-hetero) is 1. The van der Waals surface area contributed by atoms with Crippen LogP contribution in [0.5, 0.6) is 5.75 Å². The lowest BCUT2D eigenvalue weighted by Gasteiger charge is -2.35. The Balaban J connectivity index is 1.39. The van der Waals surface area contributed by atoms with E-state index in [0.29, 0.717) is 32.7 Å². The van der Waals surface area contributed by atoms with E-state index < -0.39 is 5.97 Å². The SMILES string of the molecule is COc1ccc(-c2csc(COC3CC(=O)C(N4CCOCC4)C3CC=CCCCC(=O)O)c2)cc1. The topological polar surface area (TPSA) is 85.3 Å². The maximum absolute atomic E-state index is 13.1. The van der Waals surface area contributed by atoms with Gasteiger partial charge in [-0.2, -0.15) is 0 Å². The number of morpholine rings is 1. The second-order valence-electron chi connectivity index (χ2n) is 9.30. The number of thiophene rings is 1. The van der Waals surface area contributed by atoms with Crippen molar-refractivity contribution in [1.29, 1.82) is 0 Å². The van der Waals surface area contributed by atoms with Crippen LogP contribution in [0.15, 0.2) is 47.9 Å². The van der Waals surface area contributed by atoms with Crippen molar-refractivity contribution in [3.8, 4) is 16.9 Å². The summed E-state index contributed by atoms with van der Waals surface area (Å²) >= 11 is 1.67. The minimum atomic E-state index is -0.769. The zero-order chi connectivity index (χ0) is 25.3. The summed E-state index contributed by atoms with van der Waals surface area (Å²) in [5.41, 5.74) is 2.28. The Labute approximate surface area is 216 Å². The Morgan fingerprint density at radius 1 is 1.19 bits per heavy atom. The second kappa shape index (κ2) is 13.1. The molecule has 0 amide bonds. The number of hydrogen-bond acceptors (Lipinski definition) is 7. The van der Waals surface area contributed by atoms with Crippen molar-refractivity contribution < 1.29 is 28.9 Å². The van der Waals surface area contributed by atoms with Crippen LogP contribution in [0, 0.1) is 5.92 Å². The molecule has 1 aliphatic carbocycles. The maximum atomic E-state index is 13.1. The van der Waals surface area contributed by atoms with Gasteiger partial charge in [0.2, 0.25) is 0 Å². The number of benzene rings is 1. The van der Waals surface area contributed by atoms with Crippen LogP contribution in [-0.2, 0) is 25.7 Å². The molecular weight excluding hydrogens is 478 g/mol. The number of carbonyl (C=O) groups is 2. The lowest BCUT2D eigenvalue weighted by atomic mass is 9.95. The number of carbonyl (C=O) groups excluding carboxylic acids is 1. The van der Waals surface area contributed by atoms with Crippen LogP contribution in [0.3, 0.4) is 0 Å². The molecule has 2 fully saturated rings. The van der Waals surface area contributed by atoms with Crippen molar-refractivity contribution in [2.45, 2.75) is 50.9 Å². The zero-order valence-electron chi connectivity index (χ0n) is 20.8. The molecule has 4 rings (SSSR count). The van der Waals surface area contributed by atoms with Crippen molar-refractivity contribution in [3.05, 3.63) is 52.7 Å². The molecule has 1 N–H and O–H groups in total. The Hall–Kier alpha value is -2.52. The number of rotatable bonds is 12. The van der Waals surface area contributed by atoms with Gasteiger partial charge in [0, 0.05) is 36.7 Å². The number of carboxylic acids is 1. The monoisotopic (exact) mass is 513 g/mol. The quantitative estimate of drug-likeness (QED) is 0.322. The van der Waals surface area contributed by atoms with E-state index in [-0.39, 0.29) is 30.3 Å². The van der Waals surface area contributed by atoms with E-state index in [2.05, 4.69) is 22.4 Å². The number of aliphatic carboxylic acids is 1. The first-order valence-corrected chi connectivity index (χ1v) is 13.5. The lowest BCUT2D eigenvalue weighted by molar-refractivity contribution is -0.137. The van der Waals surface area contributed by atoms with Crippen LogP contribution < -0.4 is 4.74 Å². The number of ketones is 1. The highest BCUT2D eigenvalue weighted by molar-refractivity contribution is 7.10. The normalized spacial score (nSPS) is 22.9. The first-order valence-electron chi connectivity index (χ1n) is 12.6. The molecule has 1 aromatic heterocycles. The van der Waals surface area contributed by atoms with Crippen molar-refractivity contribution in [2.75, 3.05) is 33.4 Å². The van der Waals surface area contributed by atoms with Gasteiger partial charge < -0.3 is 19.3 Å². The molecule has 0 radical (unpaired) electrons. The number of hydrogen-bond donors (Lipinski definition) is 1. The zero-order valence-corrected chi connectivity index (χ0v) is 21.6. The van der Waals surface area contributed by atoms with Crippen molar-refractivity contribution in [3.63, 3.8) is 0 Å². The Kier molecular flexibility index (Phi) is 9.69. The summed E-state index contributed by atoms with van der Waals surface area (Å²) in [6, 6.07) is 10.0. The fraction of sp³-hybridized carbons (Fsp3) is 0.500. The summed E-state index contributed by atoms with van der Waals surface area (Å²) in [5.74, 6) is 0.387. The van der Waals surface area contributed by atoms with E-state index >= 15 is 0 Å². The lowest BCUT2D eigenvalue weighted by Crippen LogP contribution is -2.49. The number of allylic oxidation sites excluding steroid dienone is 2. The van der Waals surface area contributed by atoms with Gasteiger partial charge in [-0.25, -0.2) is 0 Å². The largest absolute Gasteiger partial charge is 0.497 e. The van der Waals surface area contributed by atoms with Crippen LogP contribution in [0.4, 0.5) is 0 Å². The summed E-state index contributed by atoms with van der Waals surface area (Å²) < 4.78 is 17.1. The average molecular weight is 514 g/mol. The molecule has 2 aromatic rings. The fourth-order valence-electron chi connectivity index (χ4n) is 5.03. The van der Waals surface area contributed by atoms with E-state index in [1.165, 1.54) is 0 Å². The van der Waals surface area contributed by atoms with Crippen molar-refractivity contribution >= 4 is 23.1 Å². The summed E-state index contributed by atoms with van der Waals surface area (Å²) in [4.78, 5) is 27.2. The van der Waals surface area contributed by atoms with Crippen LogP contribution in [0.1, 0.15) is 37.0 Å². The molecule has 36 heavy (non-hydrogen) atoms. The highest BCUT2D eigenvalue weighted by Gasteiger charge is 2.45. The molecule has 1 aliphatic heterocycles. The highest BCUT2D eigenvalue weighted by Crippen LogP contribution is 2.35. The van der Waals surface area contributed by atoms with Crippen LogP contribution >= 0.6 is 11.3 Å². The third kappa shape index (κ3) is 7.03. The molecule has 3 atom stereocenters. The van der Waals surface area contributed by atoms with Gasteiger partial charge in [-0.1, -0.05) is 24.3 Å². The van der Waals surface area contributed by atoms with Gasteiger partial charge in [0.1, 0.15) is 5.75 Å². The molecule has 0 spiro atoms. The maximum Gasteiger partial charge on any atom is 0.303 e. The van der Waals surface area contributed by atoms with Gasteiger partial charge in [0.15, 0.2) is 5.78 Å². The van der Waals surface area contributed by atoms with Gasteiger partial charge in [-0.3, -0.25) is 14.5 Å². The number of ether oxygens (including phenoxy) is 3. The minimum Gasteiger partial charge on any atom is -0.497 e. The van der Waals surface area contributed by atoms with E-state index in [1.54, 1.807) is 18.4 Å². The van der Waals surface area contributed by atoms with Crippen molar-refractivity contribution in [2.24, 2.45) is 5.92 Å². The summed E-state index contributed by atoms with van der Waals surface area (Å²) in [7, 11) is 1.66. The number of nitrogens with zero attached hydrogens (tertiary/aromatic N) is 1. The molecular formula is C28H35NO6S. The number of unbranched alkanes of at least 4 members (excludes halogenated alkanes) is 1.